The van der Waals surface area contributed by atoms with Gasteiger partial charge in [0.25, 0.3) is 5.91 Å². The van der Waals surface area contributed by atoms with Crippen molar-refractivity contribution in [2.24, 2.45) is 0 Å². The number of carbonyl (C=O) groups is 1. The van der Waals surface area contributed by atoms with E-state index in [0.29, 0.717) is 20.6 Å². The van der Waals surface area contributed by atoms with Crippen molar-refractivity contribution in [2.75, 3.05) is 5.32 Å². The van der Waals surface area contributed by atoms with Crippen molar-refractivity contribution < 1.29 is 4.79 Å². The normalized spacial score (nSPS) is 10.3. The number of benzene rings is 1. The van der Waals surface area contributed by atoms with Gasteiger partial charge in [-0.25, -0.2) is 0 Å². The summed E-state index contributed by atoms with van der Waals surface area (Å²) < 4.78 is 0. The van der Waals surface area contributed by atoms with Crippen LogP contribution in [0.15, 0.2) is 30.3 Å². The second-order valence-corrected chi connectivity index (χ2v) is 5.54. The van der Waals surface area contributed by atoms with Crippen molar-refractivity contribution in [3.63, 3.8) is 0 Å². The zero-order chi connectivity index (χ0) is 12.4. The molecule has 0 spiro atoms. The fourth-order valence-electron chi connectivity index (χ4n) is 1.34. The summed E-state index contributed by atoms with van der Waals surface area (Å²) in [5, 5.41) is 3.52. The maximum Gasteiger partial charge on any atom is 0.265 e. The van der Waals surface area contributed by atoms with E-state index in [-0.39, 0.29) is 5.91 Å². The molecule has 1 heterocycles. The van der Waals surface area contributed by atoms with Crippen LogP contribution >= 0.6 is 34.5 Å². The SMILES string of the molecule is Cc1ccc(C(=O)Nc2cccc(Cl)c2Cl)s1. The number of amides is 1. The molecule has 17 heavy (non-hydrogen) atoms. The van der Waals surface area contributed by atoms with Crippen LogP contribution < -0.4 is 5.32 Å². The van der Waals surface area contributed by atoms with Crippen molar-refractivity contribution in [3.8, 4) is 0 Å². The summed E-state index contributed by atoms with van der Waals surface area (Å²) in [6, 6.07) is 8.82. The number of anilines is 1. The zero-order valence-corrected chi connectivity index (χ0v) is 11.3. The maximum atomic E-state index is 11.9. The molecule has 0 aliphatic carbocycles. The van der Waals surface area contributed by atoms with Gasteiger partial charge in [-0.3, -0.25) is 4.79 Å². The highest BCUT2D eigenvalue weighted by Gasteiger charge is 2.11. The predicted molar refractivity (Wildman–Crippen MR) is 73.5 cm³/mol. The average Bonchev–Trinajstić information content (AvgIpc) is 2.72. The monoisotopic (exact) mass is 285 g/mol. The molecule has 88 valence electrons. The summed E-state index contributed by atoms with van der Waals surface area (Å²) in [6.07, 6.45) is 0. The van der Waals surface area contributed by atoms with E-state index in [1.165, 1.54) is 11.3 Å². The Balaban J connectivity index is 2.21. The van der Waals surface area contributed by atoms with E-state index in [0.717, 1.165) is 4.88 Å². The minimum absolute atomic E-state index is 0.174. The molecule has 0 saturated carbocycles. The van der Waals surface area contributed by atoms with Gasteiger partial charge < -0.3 is 5.32 Å². The maximum absolute atomic E-state index is 11.9. The van der Waals surface area contributed by atoms with Gasteiger partial charge >= 0.3 is 0 Å². The molecule has 0 fully saturated rings. The Morgan fingerprint density at radius 1 is 1.24 bits per heavy atom. The lowest BCUT2D eigenvalue weighted by atomic mass is 10.3. The van der Waals surface area contributed by atoms with Gasteiger partial charge in [-0.15, -0.1) is 11.3 Å². The highest BCUT2D eigenvalue weighted by atomic mass is 35.5. The van der Waals surface area contributed by atoms with Gasteiger partial charge in [-0.2, -0.15) is 0 Å². The van der Waals surface area contributed by atoms with E-state index in [1.54, 1.807) is 24.3 Å². The number of aryl methyl sites for hydroxylation is 1. The predicted octanol–water partition coefficient (Wildman–Crippen LogP) is 4.62. The fraction of sp³-hybridized carbons (Fsp3) is 0.0833. The van der Waals surface area contributed by atoms with E-state index in [4.69, 9.17) is 23.2 Å². The molecule has 0 aliphatic heterocycles. The number of thiophene rings is 1. The molecular weight excluding hydrogens is 277 g/mol. The van der Waals surface area contributed by atoms with Crippen LogP contribution in [0.5, 0.6) is 0 Å². The van der Waals surface area contributed by atoms with Crippen LogP contribution in [0.25, 0.3) is 0 Å². The summed E-state index contributed by atoms with van der Waals surface area (Å²) in [7, 11) is 0. The van der Waals surface area contributed by atoms with Crippen LogP contribution in [0.1, 0.15) is 14.5 Å². The second-order valence-electron chi connectivity index (χ2n) is 3.47. The first kappa shape index (κ1) is 12.4. The fourth-order valence-corrected chi connectivity index (χ4v) is 2.45. The van der Waals surface area contributed by atoms with Gasteiger partial charge in [0.1, 0.15) is 0 Å². The Labute approximate surface area is 113 Å². The quantitative estimate of drug-likeness (QED) is 0.857. The summed E-state index contributed by atoms with van der Waals surface area (Å²) in [4.78, 5) is 13.6. The van der Waals surface area contributed by atoms with Crippen LogP contribution in [0.3, 0.4) is 0 Å². The van der Waals surface area contributed by atoms with Crippen LogP contribution in [0, 0.1) is 6.92 Å². The van der Waals surface area contributed by atoms with Crippen molar-refractivity contribution >= 4 is 46.1 Å². The van der Waals surface area contributed by atoms with Gasteiger partial charge in [-0.05, 0) is 31.2 Å². The first-order valence-electron chi connectivity index (χ1n) is 4.90. The Hall–Kier alpha value is -1.03. The minimum Gasteiger partial charge on any atom is -0.320 e. The Morgan fingerprint density at radius 2 is 2.00 bits per heavy atom. The van der Waals surface area contributed by atoms with Gasteiger partial charge in [0, 0.05) is 4.88 Å². The molecule has 0 atom stereocenters. The standard InChI is InChI=1S/C12H9Cl2NOS/c1-7-5-6-10(17-7)12(16)15-9-4-2-3-8(13)11(9)14/h2-6H,1H3,(H,15,16). The number of rotatable bonds is 2. The van der Waals surface area contributed by atoms with E-state index >= 15 is 0 Å². The third kappa shape index (κ3) is 2.80. The van der Waals surface area contributed by atoms with E-state index in [9.17, 15) is 4.79 Å². The lowest BCUT2D eigenvalue weighted by molar-refractivity contribution is 0.103. The molecule has 0 aliphatic rings. The molecule has 0 unspecified atom stereocenters. The van der Waals surface area contributed by atoms with E-state index in [2.05, 4.69) is 5.32 Å². The van der Waals surface area contributed by atoms with Crippen molar-refractivity contribution in [3.05, 3.63) is 50.1 Å². The summed E-state index contributed by atoms with van der Waals surface area (Å²) in [6.45, 7) is 1.95. The van der Waals surface area contributed by atoms with Crippen LogP contribution in [0.2, 0.25) is 10.0 Å². The summed E-state index contributed by atoms with van der Waals surface area (Å²) in [5.41, 5.74) is 0.523. The topological polar surface area (TPSA) is 29.1 Å². The molecular formula is C12H9Cl2NOS. The Kier molecular flexibility index (Phi) is 3.72. The van der Waals surface area contributed by atoms with Crippen molar-refractivity contribution in [1.29, 1.82) is 0 Å². The third-order valence-electron chi connectivity index (χ3n) is 2.16. The number of hydrogen-bond donors (Lipinski definition) is 1. The lowest BCUT2D eigenvalue weighted by Gasteiger charge is -2.06. The molecule has 1 amide bonds. The molecule has 0 radical (unpaired) electrons. The van der Waals surface area contributed by atoms with Crippen LogP contribution in [0.4, 0.5) is 5.69 Å². The molecule has 1 aromatic carbocycles. The second kappa shape index (κ2) is 5.08. The smallest absolute Gasteiger partial charge is 0.265 e. The molecule has 2 aromatic rings. The zero-order valence-electron chi connectivity index (χ0n) is 8.96. The lowest BCUT2D eigenvalue weighted by Crippen LogP contribution is -2.10. The van der Waals surface area contributed by atoms with E-state index < -0.39 is 0 Å². The third-order valence-corrected chi connectivity index (χ3v) is 3.98. The van der Waals surface area contributed by atoms with Crippen LogP contribution in [-0.4, -0.2) is 5.91 Å². The number of carbonyl (C=O) groups excluding carboxylic acids is 1. The van der Waals surface area contributed by atoms with E-state index in [1.807, 2.05) is 13.0 Å². The summed E-state index contributed by atoms with van der Waals surface area (Å²) >= 11 is 13.3. The highest BCUT2D eigenvalue weighted by Crippen LogP contribution is 2.30. The summed E-state index contributed by atoms with van der Waals surface area (Å²) in [5.74, 6) is -0.174. The first-order chi connectivity index (χ1) is 8.08. The van der Waals surface area contributed by atoms with Gasteiger partial charge in [0.05, 0.1) is 20.6 Å². The number of hydrogen-bond acceptors (Lipinski definition) is 2. The average molecular weight is 286 g/mol. The van der Waals surface area contributed by atoms with Crippen molar-refractivity contribution in [1.82, 2.24) is 0 Å². The minimum atomic E-state index is -0.174. The molecule has 0 saturated heterocycles. The number of halogens is 2. The molecule has 1 aromatic heterocycles. The molecule has 2 rings (SSSR count). The van der Waals surface area contributed by atoms with Gasteiger partial charge in [-0.1, -0.05) is 29.3 Å². The van der Waals surface area contributed by atoms with Crippen LogP contribution in [-0.2, 0) is 0 Å². The van der Waals surface area contributed by atoms with Gasteiger partial charge in [0.15, 0.2) is 0 Å². The number of nitrogens with one attached hydrogen (secondary N) is 1. The Morgan fingerprint density at radius 3 is 2.65 bits per heavy atom. The van der Waals surface area contributed by atoms with Gasteiger partial charge in [0.2, 0.25) is 0 Å². The van der Waals surface area contributed by atoms with Crippen molar-refractivity contribution in [2.45, 2.75) is 6.92 Å². The largest absolute Gasteiger partial charge is 0.320 e. The molecule has 2 nitrogen and oxygen atoms in total. The molecule has 5 heteroatoms. The molecule has 0 bridgehead atoms. The molecule has 1 N–H and O–H groups in total. The Bertz CT molecular complexity index is 565. The highest BCUT2D eigenvalue weighted by molar-refractivity contribution is 7.14. The first-order valence-corrected chi connectivity index (χ1v) is 6.47.